The summed E-state index contributed by atoms with van der Waals surface area (Å²) in [7, 11) is 0. The van der Waals surface area contributed by atoms with E-state index >= 15 is 0 Å². The third-order valence-electron chi connectivity index (χ3n) is 3.99. The van der Waals surface area contributed by atoms with Crippen LogP contribution in [-0.4, -0.2) is 27.4 Å². The molecule has 0 saturated carbocycles. The van der Waals surface area contributed by atoms with Crippen LogP contribution in [0.4, 0.5) is 17.3 Å². The van der Waals surface area contributed by atoms with Crippen molar-refractivity contribution in [2.45, 2.75) is 6.42 Å². The Hall–Kier alpha value is -3.06. The lowest BCUT2D eigenvalue weighted by Crippen LogP contribution is -2.31. The van der Waals surface area contributed by atoms with Gasteiger partial charge in [0.15, 0.2) is 0 Å². The molecule has 3 heterocycles. The van der Waals surface area contributed by atoms with Crippen LogP contribution >= 0.6 is 11.6 Å². The van der Waals surface area contributed by atoms with Gasteiger partial charge in [-0.25, -0.2) is 9.97 Å². The maximum atomic E-state index is 12.4. The second-order valence-corrected chi connectivity index (χ2v) is 6.11. The smallest absolute Gasteiger partial charge is 0.255 e. The molecule has 2 aromatic heterocycles. The van der Waals surface area contributed by atoms with Crippen LogP contribution in [0.3, 0.4) is 0 Å². The van der Waals surface area contributed by atoms with E-state index in [9.17, 15) is 4.79 Å². The largest absolute Gasteiger partial charge is 0.368 e. The number of aromatic amines is 1. The minimum Gasteiger partial charge on any atom is -0.368 e. The number of hydrogen-bond acceptors (Lipinski definition) is 5. The summed E-state index contributed by atoms with van der Waals surface area (Å²) in [6.45, 7) is 0.592. The fourth-order valence-electron chi connectivity index (χ4n) is 2.92. The Morgan fingerprint density at radius 3 is 2.96 bits per heavy atom. The molecule has 1 amide bonds. The number of rotatable bonds is 3. The SMILES string of the molecule is Nc1nccc(-c2[nH]c3c(c2Nc2cccc(Cl)c2)C(=O)NCC3)n1. The van der Waals surface area contributed by atoms with Gasteiger partial charge in [-0.1, -0.05) is 17.7 Å². The number of fused-ring (bicyclic) bond motifs is 1. The van der Waals surface area contributed by atoms with Crippen LogP contribution in [0.2, 0.25) is 5.02 Å². The number of hydrogen-bond donors (Lipinski definition) is 4. The summed E-state index contributed by atoms with van der Waals surface area (Å²) in [6, 6.07) is 9.04. The van der Waals surface area contributed by atoms with Crippen molar-refractivity contribution in [2.75, 3.05) is 17.6 Å². The minimum atomic E-state index is -0.129. The number of benzene rings is 1. The van der Waals surface area contributed by atoms with Crippen LogP contribution in [0.5, 0.6) is 0 Å². The lowest BCUT2D eigenvalue weighted by molar-refractivity contribution is 0.0947. The number of aromatic nitrogens is 3. The number of carbonyl (C=O) groups is 1. The van der Waals surface area contributed by atoms with E-state index in [-0.39, 0.29) is 11.9 Å². The fraction of sp³-hybridized carbons (Fsp3) is 0.118. The molecule has 0 radical (unpaired) electrons. The monoisotopic (exact) mass is 354 g/mol. The number of amides is 1. The van der Waals surface area contributed by atoms with E-state index < -0.39 is 0 Å². The first-order chi connectivity index (χ1) is 12.1. The standard InChI is InChI=1S/C17H15ClN6O/c18-9-2-1-3-10(8-9)22-15-13-11(4-6-20-16(13)25)23-14(15)12-5-7-21-17(19)24-12/h1-3,5,7-8,22-23H,4,6H2,(H,20,25)(H2,19,21,24). The summed E-state index contributed by atoms with van der Waals surface area (Å²) in [5.41, 5.74) is 9.88. The third kappa shape index (κ3) is 2.89. The average molecular weight is 355 g/mol. The summed E-state index contributed by atoms with van der Waals surface area (Å²) in [5, 5.41) is 6.77. The topological polar surface area (TPSA) is 109 Å². The van der Waals surface area contributed by atoms with E-state index in [1.54, 1.807) is 24.4 Å². The van der Waals surface area contributed by atoms with E-state index in [0.717, 1.165) is 11.4 Å². The summed E-state index contributed by atoms with van der Waals surface area (Å²) < 4.78 is 0. The maximum absolute atomic E-state index is 12.4. The lowest BCUT2D eigenvalue weighted by atomic mass is 10.1. The molecule has 1 aromatic carbocycles. The first-order valence-corrected chi connectivity index (χ1v) is 8.14. The summed E-state index contributed by atoms with van der Waals surface area (Å²) in [5.74, 6) is 0.0403. The Balaban J connectivity index is 1.87. The van der Waals surface area contributed by atoms with Crippen molar-refractivity contribution < 1.29 is 4.79 Å². The van der Waals surface area contributed by atoms with Crippen molar-refractivity contribution in [3.8, 4) is 11.4 Å². The Morgan fingerprint density at radius 1 is 1.28 bits per heavy atom. The first kappa shape index (κ1) is 15.5. The van der Waals surface area contributed by atoms with Gasteiger partial charge in [0.1, 0.15) is 0 Å². The van der Waals surface area contributed by atoms with Crippen molar-refractivity contribution in [1.29, 1.82) is 0 Å². The zero-order valence-electron chi connectivity index (χ0n) is 13.1. The van der Waals surface area contributed by atoms with Crippen molar-refractivity contribution in [3.05, 3.63) is 52.8 Å². The summed E-state index contributed by atoms with van der Waals surface area (Å²) >= 11 is 6.07. The summed E-state index contributed by atoms with van der Waals surface area (Å²) in [6.07, 6.45) is 2.30. The molecule has 25 heavy (non-hydrogen) atoms. The Labute approximate surface area is 148 Å². The number of nitrogens with one attached hydrogen (secondary N) is 3. The van der Waals surface area contributed by atoms with Gasteiger partial charge in [0, 0.05) is 35.6 Å². The van der Waals surface area contributed by atoms with E-state index in [1.165, 1.54) is 0 Å². The highest BCUT2D eigenvalue weighted by molar-refractivity contribution is 6.30. The molecule has 5 N–H and O–H groups in total. The fourth-order valence-corrected chi connectivity index (χ4v) is 3.11. The van der Waals surface area contributed by atoms with Gasteiger partial charge in [-0.2, -0.15) is 0 Å². The molecule has 1 aliphatic heterocycles. The number of carbonyl (C=O) groups excluding carboxylic acids is 1. The van der Waals surface area contributed by atoms with Gasteiger partial charge < -0.3 is 21.4 Å². The van der Waals surface area contributed by atoms with Gasteiger partial charge in [-0.15, -0.1) is 0 Å². The molecule has 0 aliphatic carbocycles. The van der Waals surface area contributed by atoms with Crippen molar-refractivity contribution >= 4 is 34.8 Å². The minimum absolute atomic E-state index is 0.129. The number of nitrogens with zero attached hydrogens (tertiary/aromatic N) is 2. The molecule has 7 nitrogen and oxygen atoms in total. The normalized spacial score (nSPS) is 13.2. The van der Waals surface area contributed by atoms with E-state index in [2.05, 4.69) is 25.6 Å². The van der Waals surface area contributed by atoms with Gasteiger partial charge in [0.25, 0.3) is 5.91 Å². The quantitative estimate of drug-likeness (QED) is 0.578. The van der Waals surface area contributed by atoms with E-state index in [4.69, 9.17) is 17.3 Å². The molecule has 126 valence electrons. The zero-order chi connectivity index (χ0) is 17.4. The molecule has 0 atom stereocenters. The molecule has 8 heteroatoms. The molecule has 0 saturated heterocycles. The van der Waals surface area contributed by atoms with Crippen LogP contribution in [0, 0.1) is 0 Å². The predicted molar refractivity (Wildman–Crippen MR) is 97.0 cm³/mol. The molecule has 0 bridgehead atoms. The van der Waals surface area contributed by atoms with Crippen LogP contribution < -0.4 is 16.4 Å². The van der Waals surface area contributed by atoms with Crippen molar-refractivity contribution in [3.63, 3.8) is 0 Å². The number of halogens is 1. The molecule has 0 fully saturated rings. The van der Waals surface area contributed by atoms with Gasteiger partial charge >= 0.3 is 0 Å². The van der Waals surface area contributed by atoms with Crippen LogP contribution in [0.25, 0.3) is 11.4 Å². The molecule has 0 unspecified atom stereocenters. The molecular formula is C17H15ClN6O. The van der Waals surface area contributed by atoms with E-state index in [1.807, 2.05) is 12.1 Å². The Bertz CT molecular complexity index is 968. The first-order valence-electron chi connectivity index (χ1n) is 7.76. The average Bonchev–Trinajstić information content (AvgIpc) is 2.95. The van der Waals surface area contributed by atoms with Gasteiger partial charge in [-0.05, 0) is 24.3 Å². The molecular weight excluding hydrogens is 340 g/mol. The van der Waals surface area contributed by atoms with Gasteiger partial charge in [0.05, 0.1) is 22.6 Å². The second-order valence-electron chi connectivity index (χ2n) is 5.67. The maximum Gasteiger partial charge on any atom is 0.255 e. The van der Waals surface area contributed by atoms with Crippen LogP contribution in [-0.2, 0) is 6.42 Å². The highest BCUT2D eigenvalue weighted by Gasteiger charge is 2.27. The zero-order valence-corrected chi connectivity index (χ0v) is 13.9. The molecule has 1 aliphatic rings. The molecule has 4 rings (SSSR count). The van der Waals surface area contributed by atoms with Crippen LogP contribution in [0.1, 0.15) is 16.1 Å². The molecule has 0 spiro atoms. The summed E-state index contributed by atoms with van der Waals surface area (Å²) in [4.78, 5) is 23.9. The number of nitrogens with two attached hydrogens (primary N) is 1. The highest BCUT2D eigenvalue weighted by Crippen LogP contribution is 2.36. The Kier molecular flexibility index (Phi) is 3.77. The van der Waals surface area contributed by atoms with Crippen molar-refractivity contribution in [1.82, 2.24) is 20.3 Å². The number of anilines is 3. The predicted octanol–water partition coefficient (Wildman–Crippen LogP) is 2.74. The molecule has 3 aromatic rings. The third-order valence-corrected chi connectivity index (χ3v) is 4.22. The van der Waals surface area contributed by atoms with Crippen LogP contribution in [0.15, 0.2) is 36.5 Å². The van der Waals surface area contributed by atoms with Crippen molar-refractivity contribution in [2.24, 2.45) is 0 Å². The second kappa shape index (κ2) is 6.10. The highest BCUT2D eigenvalue weighted by atomic mass is 35.5. The van der Waals surface area contributed by atoms with E-state index in [0.29, 0.717) is 40.6 Å². The van der Waals surface area contributed by atoms with Gasteiger partial charge in [-0.3, -0.25) is 4.79 Å². The number of nitrogen functional groups attached to an aromatic ring is 1. The Morgan fingerprint density at radius 2 is 2.16 bits per heavy atom. The lowest BCUT2D eigenvalue weighted by Gasteiger charge is -2.15. The van der Waals surface area contributed by atoms with Gasteiger partial charge in [0.2, 0.25) is 5.95 Å². The number of H-pyrrole nitrogens is 1.